The second-order valence-corrected chi connectivity index (χ2v) is 7.16. The van der Waals surface area contributed by atoms with Crippen LogP contribution in [-0.2, 0) is 11.3 Å². The second-order valence-electron chi connectivity index (χ2n) is 7.16. The van der Waals surface area contributed by atoms with Gasteiger partial charge in [-0.15, -0.1) is 0 Å². The summed E-state index contributed by atoms with van der Waals surface area (Å²) in [7, 11) is 0. The smallest absolute Gasteiger partial charge is 0.410 e. The van der Waals surface area contributed by atoms with E-state index >= 15 is 0 Å². The molecule has 5 nitrogen and oxygen atoms in total. The van der Waals surface area contributed by atoms with Crippen molar-refractivity contribution in [3.05, 3.63) is 35.9 Å². The number of rotatable bonds is 4. The molecule has 7 heteroatoms. The van der Waals surface area contributed by atoms with Crippen LogP contribution in [0.2, 0.25) is 0 Å². The largest absolute Gasteiger partial charge is 0.445 e. The zero-order valence-corrected chi connectivity index (χ0v) is 14.8. The Morgan fingerprint density at radius 2 is 1.85 bits per heavy atom. The lowest BCUT2D eigenvalue weighted by molar-refractivity contribution is -0.134. The van der Waals surface area contributed by atoms with Crippen LogP contribution in [0.1, 0.15) is 24.8 Å². The molecule has 1 unspecified atom stereocenters. The van der Waals surface area contributed by atoms with Crippen LogP contribution in [0.4, 0.5) is 13.6 Å². The monoisotopic (exact) mass is 368 g/mol. The van der Waals surface area contributed by atoms with E-state index in [4.69, 9.17) is 9.84 Å². The van der Waals surface area contributed by atoms with Gasteiger partial charge in [0.25, 0.3) is 5.92 Å². The summed E-state index contributed by atoms with van der Waals surface area (Å²) in [5.74, 6) is -3.79. The van der Waals surface area contributed by atoms with E-state index in [9.17, 15) is 13.6 Å². The quantitative estimate of drug-likeness (QED) is 0.888. The molecule has 144 valence electrons. The summed E-state index contributed by atoms with van der Waals surface area (Å²) in [4.78, 5) is 15.7. The van der Waals surface area contributed by atoms with Crippen molar-refractivity contribution in [3.8, 4) is 0 Å². The normalized spacial score (nSPS) is 24.4. The molecule has 2 aliphatic heterocycles. The Morgan fingerprint density at radius 1 is 1.15 bits per heavy atom. The Hall–Kier alpha value is -1.73. The minimum atomic E-state index is -2.85. The summed E-state index contributed by atoms with van der Waals surface area (Å²) in [6.45, 7) is 1.08. The van der Waals surface area contributed by atoms with E-state index in [1.807, 2.05) is 35.2 Å². The number of halogens is 2. The Morgan fingerprint density at radius 3 is 2.46 bits per heavy atom. The lowest BCUT2D eigenvalue weighted by Crippen LogP contribution is -2.55. The van der Waals surface area contributed by atoms with Gasteiger partial charge in [0.2, 0.25) is 0 Å². The number of aliphatic hydroxyl groups excluding tert-OH is 1. The number of hydrogen-bond donors (Lipinski definition) is 1. The predicted octanol–water partition coefficient (Wildman–Crippen LogP) is 2.74. The molecule has 2 fully saturated rings. The maximum absolute atomic E-state index is 14.1. The van der Waals surface area contributed by atoms with Gasteiger partial charge in [-0.3, -0.25) is 4.90 Å². The van der Waals surface area contributed by atoms with E-state index in [1.54, 1.807) is 4.90 Å². The van der Waals surface area contributed by atoms with Crippen molar-refractivity contribution in [1.82, 2.24) is 9.80 Å². The fourth-order valence-corrected chi connectivity index (χ4v) is 3.77. The van der Waals surface area contributed by atoms with Gasteiger partial charge < -0.3 is 14.7 Å². The SMILES string of the molecule is O=C(OCc1ccccc1)N1CCC(N2CCC(CO)C(F)(F)C2)CC1. The van der Waals surface area contributed by atoms with Crippen molar-refractivity contribution >= 4 is 6.09 Å². The third-order valence-electron chi connectivity index (χ3n) is 5.44. The molecule has 1 atom stereocenters. The third-order valence-corrected chi connectivity index (χ3v) is 5.44. The number of likely N-dealkylation sites (tertiary alicyclic amines) is 2. The number of aliphatic hydroxyl groups is 1. The van der Waals surface area contributed by atoms with Gasteiger partial charge in [-0.2, -0.15) is 0 Å². The highest BCUT2D eigenvalue weighted by Crippen LogP contribution is 2.34. The number of alkyl halides is 2. The molecule has 1 aromatic rings. The molecule has 1 amide bonds. The van der Waals surface area contributed by atoms with Crippen LogP contribution in [0, 0.1) is 5.92 Å². The molecule has 1 N–H and O–H groups in total. The van der Waals surface area contributed by atoms with Gasteiger partial charge in [0.1, 0.15) is 6.61 Å². The van der Waals surface area contributed by atoms with E-state index in [0.29, 0.717) is 38.9 Å². The highest BCUT2D eigenvalue weighted by Gasteiger charge is 2.45. The van der Waals surface area contributed by atoms with Crippen molar-refractivity contribution in [3.63, 3.8) is 0 Å². The number of carbonyl (C=O) groups excluding carboxylic acids is 1. The van der Waals surface area contributed by atoms with Crippen LogP contribution in [-0.4, -0.2) is 65.7 Å². The van der Waals surface area contributed by atoms with Crippen molar-refractivity contribution in [2.24, 2.45) is 5.92 Å². The molecule has 0 spiro atoms. The first-order chi connectivity index (χ1) is 12.5. The number of benzene rings is 1. The van der Waals surface area contributed by atoms with Gasteiger partial charge in [0.15, 0.2) is 0 Å². The summed E-state index contributed by atoms with van der Waals surface area (Å²) >= 11 is 0. The van der Waals surface area contributed by atoms with Gasteiger partial charge >= 0.3 is 6.09 Å². The molecule has 2 heterocycles. The lowest BCUT2D eigenvalue weighted by Gasteiger charge is -2.44. The van der Waals surface area contributed by atoms with Gasteiger partial charge in [-0.05, 0) is 31.4 Å². The Labute approximate surface area is 152 Å². The van der Waals surface area contributed by atoms with Gasteiger partial charge in [0.05, 0.1) is 13.2 Å². The molecule has 0 saturated carbocycles. The van der Waals surface area contributed by atoms with Gasteiger partial charge in [-0.1, -0.05) is 30.3 Å². The van der Waals surface area contributed by atoms with E-state index in [0.717, 1.165) is 5.56 Å². The minimum Gasteiger partial charge on any atom is -0.445 e. The fraction of sp³-hybridized carbons (Fsp3) is 0.632. The van der Waals surface area contributed by atoms with Crippen LogP contribution in [0.15, 0.2) is 30.3 Å². The van der Waals surface area contributed by atoms with E-state index in [1.165, 1.54) is 0 Å². The van der Waals surface area contributed by atoms with Gasteiger partial charge in [0, 0.05) is 25.0 Å². The first-order valence-electron chi connectivity index (χ1n) is 9.18. The number of piperidine rings is 2. The summed E-state index contributed by atoms with van der Waals surface area (Å²) in [5.41, 5.74) is 0.935. The van der Waals surface area contributed by atoms with Crippen molar-refractivity contribution in [2.45, 2.75) is 37.8 Å². The fourth-order valence-electron chi connectivity index (χ4n) is 3.77. The van der Waals surface area contributed by atoms with Crippen LogP contribution in [0.25, 0.3) is 0 Å². The second kappa shape index (κ2) is 8.31. The molecule has 0 aliphatic carbocycles. The highest BCUT2D eigenvalue weighted by molar-refractivity contribution is 5.67. The average Bonchev–Trinajstić information content (AvgIpc) is 2.66. The summed E-state index contributed by atoms with van der Waals surface area (Å²) in [5, 5.41) is 9.10. The number of hydrogen-bond acceptors (Lipinski definition) is 4. The molecule has 2 aliphatic rings. The molecule has 0 bridgehead atoms. The zero-order valence-electron chi connectivity index (χ0n) is 14.8. The van der Waals surface area contributed by atoms with Crippen molar-refractivity contribution in [1.29, 1.82) is 0 Å². The van der Waals surface area contributed by atoms with E-state index < -0.39 is 18.4 Å². The van der Waals surface area contributed by atoms with Crippen molar-refractivity contribution in [2.75, 3.05) is 32.8 Å². The van der Waals surface area contributed by atoms with Crippen LogP contribution < -0.4 is 0 Å². The minimum absolute atomic E-state index is 0.0543. The number of amides is 1. The molecule has 3 rings (SSSR count). The zero-order chi connectivity index (χ0) is 18.6. The summed E-state index contributed by atoms with van der Waals surface area (Å²) < 4.78 is 33.4. The molecule has 0 aromatic heterocycles. The molecular formula is C19H26F2N2O3. The Balaban J connectivity index is 1.44. The Bertz CT molecular complexity index is 592. The van der Waals surface area contributed by atoms with Crippen LogP contribution in [0.3, 0.4) is 0 Å². The van der Waals surface area contributed by atoms with Crippen LogP contribution >= 0.6 is 0 Å². The highest BCUT2D eigenvalue weighted by atomic mass is 19.3. The molecular weight excluding hydrogens is 342 g/mol. The number of carbonyl (C=O) groups is 1. The maximum Gasteiger partial charge on any atom is 0.410 e. The molecule has 0 radical (unpaired) electrons. The van der Waals surface area contributed by atoms with E-state index in [2.05, 4.69) is 0 Å². The third kappa shape index (κ3) is 4.51. The summed E-state index contributed by atoms with van der Waals surface area (Å²) in [6.07, 6.45) is 1.29. The molecule has 26 heavy (non-hydrogen) atoms. The maximum atomic E-state index is 14.1. The van der Waals surface area contributed by atoms with Crippen molar-refractivity contribution < 1.29 is 23.4 Å². The first kappa shape index (κ1) is 19.0. The first-order valence-corrected chi connectivity index (χ1v) is 9.18. The topological polar surface area (TPSA) is 53.0 Å². The van der Waals surface area contributed by atoms with Gasteiger partial charge in [-0.25, -0.2) is 13.6 Å². The molecule has 2 saturated heterocycles. The lowest BCUT2D eigenvalue weighted by atomic mass is 9.91. The van der Waals surface area contributed by atoms with E-state index in [-0.39, 0.29) is 25.3 Å². The number of nitrogens with zero attached hydrogens (tertiary/aromatic N) is 2. The standard InChI is InChI=1S/C19H26F2N2O3/c20-19(21)14-23(9-6-16(19)12-24)17-7-10-22(11-8-17)18(25)26-13-15-4-2-1-3-5-15/h1-5,16-17,24H,6-14H2. The van der Waals surface area contributed by atoms with Crippen LogP contribution in [0.5, 0.6) is 0 Å². The predicted molar refractivity (Wildman–Crippen MR) is 92.9 cm³/mol. The Kier molecular flexibility index (Phi) is 6.09. The average molecular weight is 368 g/mol. The molecule has 1 aromatic carbocycles. The number of ether oxygens (including phenoxy) is 1. The summed E-state index contributed by atoms with van der Waals surface area (Å²) in [6, 6.07) is 9.54.